The molecule has 0 spiro atoms. The molecule has 1 aliphatic heterocycles. The number of nitrogens with zero attached hydrogens (tertiary/aromatic N) is 2. The summed E-state index contributed by atoms with van der Waals surface area (Å²) in [6.07, 6.45) is 6.46. The van der Waals surface area contributed by atoms with Gasteiger partial charge in [-0.3, -0.25) is 9.32 Å². The summed E-state index contributed by atoms with van der Waals surface area (Å²) in [4.78, 5) is 30.9. The Morgan fingerprint density at radius 2 is 1.80 bits per heavy atom. The molecule has 14 nitrogen and oxygen atoms in total. The van der Waals surface area contributed by atoms with Crippen molar-refractivity contribution < 1.29 is 51.7 Å². The normalized spacial score (nSPS) is 19.5. The number of carboxylic acid groups (broad SMARTS) is 1. The Morgan fingerprint density at radius 1 is 1.02 bits per heavy atom. The third kappa shape index (κ3) is 8.89. The number of methoxy groups -OCH3 is 1. The number of ether oxygens (including phenoxy) is 4. The van der Waals surface area contributed by atoms with Crippen LogP contribution in [-0.2, 0) is 29.8 Å². The number of nitrogens with one attached hydrogen (secondary N) is 1. The van der Waals surface area contributed by atoms with Gasteiger partial charge in [0.25, 0.3) is 5.91 Å². The van der Waals surface area contributed by atoms with E-state index < -0.39 is 50.5 Å². The Bertz CT molecular complexity index is 2140. The summed E-state index contributed by atoms with van der Waals surface area (Å²) >= 11 is 0. The Kier molecular flexibility index (Phi) is 11.6. The second-order valence-corrected chi connectivity index (χ2v) is 15.5. The molecule has 2 aliphatic rings. The van der Waals surface area contributed by atoms with Crippen molar-refractivity contribution in [2.45, 2.75) is 83.1 Å². The molecule has 0 radical (unpaired) electrons. The van der Waals surface area contributed by atoms with Crippen LogP contribution in [0.15, 0.2) is 89.7 Å². The van der Waals surface area contributed by atoms with Crippen molar-refractivity contribution in [3.8, 4) is 28.6 Å². The molecule has 290 valence electrons. The molecule has 15 heteroatoms. The van der Waals surface area contributed by atoms with Crippen LogP contribution in [0.1, 0.15) is 67.9 Å². The molecule has 3 unspecified atom stereocenters. The maximum absolute atomic E-state index is 14.0. The van der Waals surface area contributed by atoms with Crippen molar-refractivity contribution in [1.29, 1.82) is 0 Å². The molecule has 3 atom stereocenters. The van der Waals surface area contributed by atoms with Gasteiger partial charge in [0.1, 0.15) is 30.0 Å². The van der Waals surface area contributed by atoms with Crippen LogP contribution in [0.2, 0.25) is 0 Å². The number of hydrogen-bond acceptors (Lipinski definition) is 11. The fraction of sp³-hybridized carbons (Fsp3) is 0.375. The van der Waals surface area contributed by atoms with Crippen LogP contribution in [-0.4, -0.2) is 64.7 Å². The number of para-hydroxylation sites is 1. The highest BCUT2D eigenvalue weighted by atomic mass is 31.2. The molecular weight excluding hydrogens is 729 g/mol. The van der Waals surface area contributed by atoms with Crippen molar-refractivity contribution in [2.24, 2.45) is 0 Å². The number of rotatable bonds is 16. The lowest BCUT2D eigenvalue weighted by Gasteiger charge is -2.38. The van der Waals surface area contributed by atoms with E-state index in [2.05, 4.69) is 9.88 Å². The molecule has 2 aromatic heterocycles. The zero-order valence-corrected chi connectivity index (χ0v) is 31.7. The highest BCUT2D eigenvalue weighted by molar-refractivity contribution is 7.54. The predicted octanol–water partition coefficient (Wildman–Crippen LogP) is 7.97. The summed E-state index contributed by atoms with van der Waals surface area (Å²) in [5.41, 5.74) is 3.23. The Balaban J connectivity index is 1.05. The highest BCUT2D eigenvalue weighted by Gasteiger charge is 2.39. The van der Waals surface area contributed by atoms with Crippen molar-refractivity contribution in [3.63, 3.8) is 0 Å². The minimum atomic E-state index is -3.95. The third-order valence-corrected chi connectivity index (χ3v) is 11.3. The predicted molar refractivity (Wildman–Crippen MR) is 201 cm³/mol. The molecule has 1 saturated heterocycles. The average Bonchev–Trinajstić information content (AvgIpc) is 3.85. The highest BCUT2D eigenvalue weighted by Crippen LogP contribution is 2.51. The standard InChI is InChI=1S/C40H44N3O11P/c1-25(40-51-26(2)52-40)53-55(47,54-31-12-8-5-9-13-31)24-50-35-17-14-27(21-36(35)48-3)20-33(39(45)46)42-38(44)28-15-16-34-32(22-28)41-37(29-18-19-49-23-29)43(34)30-10-6-4-7-11-30/h5,8-9,12-19,21-23,25-26,30,33,40H,4,6-7,10-11,20,24H2,1-3H3,(H,42,44)(H,45,46). The van der Waals surface area contributed by atoms with E-state index in [0.29, 0.717) is 16.8 Å². The number of furan rings is 1. The van der Waals surface area contributed by atoms with Crippen LogP contribution < -0.4 is 19.3 Å². The third-order valence-electron chi connectivity index (χ3n) is 9.67. The number of carboxylic acids is 1. The van der Waals surface area contributed by atoms with Gasteiger partial charge >= 0.3 is 13.6 Å². The molecule has 55 heavy (non-hydrogen) atoms. The summed E-state index contributed by atoms with van der Waals surface area (Å²) in [7, 11) is -2.52. The van der Waals surface area contributed by atoms with Gasteiger partial charge in [-0.1, -0.05) is 43.5 Å². The number of benzene rings is 3. The molecular formula is C40H44N3O11P. The van der Waals surface area contributed by atoms with Crippen molar-refractivity contribution >= 4 is 30.5 Å². The first-order valence-electron chi connectivity index (χ1n) is 18.3. The molecule has 1 aliphatic carbocycles. The zero-order chi connectivity index (χ0) is 38.5. The number of imidazole rings is 1. The average molecular weight is 774 g/mol. The molecule has 3 heterocycles. The van der Waals surface area contributed by atoms with Gasteiger partial charge in [-0.2, -0.15) is 0 Å². The molecule has 2 fully saturated rings. The fourth-order valence-corrected chi connectivity index (χ4v) is 8.46. The quantitative estimate of drug-likeness (QED) is 0.0929. The molecule has 7 rings (SSSR count). The summed E-state index contributed by atoms with van der Waals surface area (Å²) < 4.78 is 55.7. The van der Waals surface area contributed by atoms with Crippen LogP contribution in [0.4, 0.5) is 0 Å². The van der Waals surface area contributed by atoms with Gasteiger partial charge in [0.2, 0.25) is 6.35 Å². The topological polar surface area (TPSA) is 170 Å². The van der Waals surface area contributed by atoms with Crippen LogP contribution in [0.25, 0.3) is 22.4 Å². The molecule has 3 aromatic carbocycles. The molecule has 5 aromatic rings. The summed E-state index contributed by atoms with van der Waals surface area (Å²) in [6.45, 7) is 3.40. The van der Waals surface area contributed by atoms with Crippen LogP contribution in [0, 0.1) is 0 Å². The molecule has 2 N–H and O–H groups in total. The summed E-state index contributed by atoms with van der Waals surface area (Å²) in [5, 5.41) is 12.8. The number of hydrogen-bond donors (Lipinski definition) is 2. The van der Waals surface area contributed by atoms with Gasteiger partial charge in [0, 0.05) is 18.0 Å². The van der Waals surface area contributed by atoms with Crippen molar-refractivity contribution in [3.05, 3.63) is 96.4 Å². The van der Waals surface area contributed by atoms with E-state index in [0.717, 1.165) is 42.6 Å². The number of amides is 1. The van der Waals surface area contributed by atoms with Gasteiger partial charge < -0.3 is 42.9 Å². The number of aliphatic carboxylic acids is 1. The van der Waals surface area contributed by atoms with Gasteiger partial charge in [0.05, 0.1) is 30.0 Å². The van der Waals surface area contributed by atoms with Gasteiger partial charge in [-0.15, -0.1) is 0 Å². The van der Waals surface area contributed by atoms with E-state index in [-0.39, 0.29) is 29.5 Å². The van der Waals surface area contributed by atoms with E-state index in [4.69, 9.17) is 37.4 Å². The number of carbonyl (C=O) groups is 2. The largest absolute Gasteiger partial charge is 0.493 e. The van der Waals surface area contributed by atoms with Gasteiger partial charge in [0.15, 0.2) is 24.1 Å². The Morgan fingerprint density at radius 3 is 2.49 bits per heavy atom. The van der Waals surface area contributed by atoms with E-state index >= 15 is 0 Å². The number of aromatic nitrogens is 2. The Hall–Kier alpha value is -5.14. The summed E-state index contributed by atoms with van der Waals surface area (Å²) in [6, 6.07) is 19.5. The molecule has 1 saturated carbocycles. The van der Waals surface area contributed by atoms with E-state index in [1.165, 1.54) is 13.5 Å². The SMILES string of the molecule is COc1cc(CC(NC(=O)c2ccc3c(c2)nc(-c2ccoc2)n3C2CCCCC2)C(=O)O)ccc1OCP(=O)(Oc1ccccc1)OC(C)C1OC(C)O1. The summed E-state index contributed by atoms with van der Waals surface area (Å²) in [5.74, 6) is -0.192. The maximum atomic E-state index is 14.0. The zero-order valence-electron chi connectivity index (χ0n) is 30.8. The van der Waals surface area contributed by atoms with Gasteiger partial charge in [-0.05, 0) is 80.8 Å². The van der Waals surface area contributed by atoms with E-state index in [9.17, 15) is 19.3 Å². The minimum Gasteiger partial charge on any atom is -0.493 e. The molecule has 1 amide bonds. The van der Waals surface area contributed by atoms with E-state index in [1.807, 2.05) is 12.1 Å². The first kappa shape index (κ1) is 38.1. The van der Waals surface area contributed by atoms with Crippen LogP contribution in [0.5, 0.6) is 17.2 Å². The first-order chi connectivity index (χ1) is 26.6. The monoisotopic (exact) mass is 773 g/mol. The second-order valence-electron chi connectivity index (χ2n) is 13.7. The molecule has 0 bridgehead atoms. The second kappa shape index (κ2) is 16.7. The van der Waals surface area contributed by atoms with Crippen molar-refractivity contribution in [1.82, 2.24) is 14.9 Å². The lowest BCUT2D eigenvalue weighted by Crippen LogP contribution is -2.46. The van der Waals surface area contributed by atoms with E-state index in [1.54, 1.807) is 87.0 Å². The van der Waals surface area contributed by atoms with Crippen molar-refractivity contribution in [2.75, 3.05) is 13.5 Å². The van der Waals surface area contributed by atoms with Crippen LogP contribution in [0.3, 0.4) is 0 Å². The Labute approximate surface area is 318 Å². The minimum absolute atomic E-state index is 0.0586. The number of fused-ring (bicyclic) bond motifs is 1. The first-order valence-corrected chi connectivity index (χ1v) is 20.0. The lowest BCUT2D eigenvalue weighted by molar-refractivity contribution is -0.394. The maximum Gasteiger partial charge on any atom is 0.416 e. The lowest BCUT2D eigenvalue weighted by atomic mass is 9.95. The number of carbonyl (C=O) groups excluding carboxylic acids is 1. The van der Waals surface area contributed by atoms with Gasteiger partial charge in [-0.25, -0.2) is 14.3 Å². The fourth-order valence-electron chi connectivity index (χ4n) is 6.96. The smallest absolute Gasteiger partial charge is 0.416 e. The van der Waals surface area contributed by atoms with Crippen LogP contribution >= 0.6 is 7.60 Å².